The summed E-state index contributed by atoms with van der Waals surface area (Å²) >= 11 is 1.44. The Kier molecular flexibility index (Phi) is 3.88. The zero-order valence-corrected chi connectivity index (χ0v) is 11.2. The monoisotopic (exact) mass is 264 g/mol. The Morgan fingerprint density at radius 3 is 2.61 bits per heavy atom. The molecule has 3 N–H and O–H groups in total. The molecule has 0 fully saturated rings. The minimum absolute atomic E-state index is 0.0822. The second-order valence-corrected chi connectivity index (χ2v) is 5.10. The van der Waals surface area contributed by atoms with Crippen molar-refractivity contribution in [2.45, 2.75) is 29.4 Å². The topological polar surface area (TPSA) is 76.7 Å². The normalized spacial score (nSPS) is 12.6. The summed E-state index contributed by atoms with van der Waals surface area (Å²) in [4.78, 5) is 12.3. The standard InChI is InChI=1S/C12H16N4OS/c1-3-10(13)8-4-6-9(7-5-8)18-12-15-14-11(17)16(12)2/h4-7,10H,3,13H2,1-2H3,(H,14,17)/t10-/m0/s1. The highest BCUT2D eigenvalue weighted by Gasteiger charge is 2.07. The maximum Gasteiger partial charge on any atom is 0.343 e. The van der Waals surface area contributed by atoms with Crippen molar-refractivity contribution in [2.24, 2.45) is 12.8 Å². The van der Waals surface area contributed by atoms with Crippen LogP contribution >= 0.6 is 11.8 Å². The number of rotatable bonds is 4. The van der Waals surface area contributed by atoms with Crippen molar-refractivity contribution in [1.82, 2.24) is 14.8 Å². The van der Waals surface area contributed by atoms with Crippen LogP contribution in [0.25, 0.3) is 0 Å². The average molecular weight is 264 g/mol. The predicted molar refractivity (Wildman–Crippen MR) is 71.6 cm³/mol. The van der Waals surface area contributed by atoms with E-state index in [9.17, 15) is 4.79 Å². The highest BCUT2D eigenvalue weighted by molar-refractivity contribution is 7.99. The Hall–Kier alpha value is -1.53. The SMILES string of the molecule is CC[C@H](N)c1ccc(Sc2n[nH]c(=O)n2C)cc1. The summed E-state index contributed by atoms with van der Waals surface area (Å²) in [6.07, 6.45) is 0.917. The van der Waals surface area contributed by atoms with Crippen LogP contribution in [0.2, 0.25) is 0 Å². The number of benzene rings is 1. The van der Waals surface area contributed by atoms with Crippen LogP contribution in [0, 0.1) is 0 Å². The molecule has 0 bridgehead atoms. The van der Waals surface area contributed by atoms with Gasteiger partial charge in [0.1, 0.15) is 0 Å². The molecule has 0 amide bonds. The molecule has 6 heteroatoms. The van der Waals surface area contributed by atoms with Crippen molar-refractivity contribution in [1.29, 1.82) is 0 Å². The third-order valence-electron chi connectivity index (χ3n) is 2.80. The van der Waals surface area contributed by atoms with E-state index in [1.54, 1.807) is 7.05 Å². The molecule has 0 aliphatic carbocycles. The van der Waals surface area contributed by atoms with E-state index in [-0.39, 0.29) is 11.7 Å². The Balaban J connectivity index is 2.16. The molecule has 1 heterocycles. The lowest BCUT2D eigenvalue weighted by Crippen LogP contribution is -2.12. The number of nitrogens with zero attached hydrogens (tertiary/aromatic N) is 2. The molecular weight excluding hydrogens is 248 g/mol. The Bertz CT molecular complexity index is 573. The Morgan fingerprint density at radius 2 is 2.11 bits per heavy atom. The highest BCUT2D eigenvalue weighted by atomic mass is 32.2. The molecule has 1 aromatic carbocycles. The van der Waals surface area contributed by atoms with Gasteiger partial charge >= 0.3 is 5.69 Å². The predicted octanol–water partition coefficient (Wildman–Crippen LogP) is 1.67. The third kappa shape index (κ3) is 2.65. The number of hydrogen-bond donors (Lipinski definition) is 2. The van der Waals surface area contributed by atoms with E-state index in [4.69, 9.17) is 5.73 Å². The first-order chi connectivity index (χ1) is 8.61. The van der Waals surface area contributed by atoms with Gasteiger partial charge in [0.25, 0.3) is 0 Å². The van der Waals surface area contributed by atoms with Gasteiger partial charge in [-0.2, -0.15) is 0 Å². The minimum Gasteiger partial charge on any atom is -0.324 e. The summed E-state index contributed by atoms with van der Waals surface area (Å²) < 4.78 is 1.48. The van der Waals surface area contributed by atoms with Crippen molar-refractivity contribution in [3.05, 3.63) is 40.3 Å². The van der Waals surface area contributed by atoms with Gasteiger partial charge in [0.05, 0.1) is 0 Å². The molecule has 5 nitrogen and oxygen atoms in total. The van der Waals surface area contributed by atoms with Crippen LogP contribution in [0.5, 0.6) is 0 Å². The summed E-state index contributed by atoms with van der Waals surface area (Å²) in [5.41, 5.74) is 6.87. The molecule has 1 atom stereocenters. The van der Waals surface area contributed by atoms with Gasteiger partial charge in [-0.05, 0) is 35.9 Å². The van der Waals surface area contributed by atoms with Crippen molar-refractivity contribution in [3.63, 3.8) is 0 Å². The second kappa shape index (κ2) is 5.41. The number of aromatic amines is 1. The number of hydrogen-bond acceptors (Lipinski definition) is 4. The quantitative estimate of drug-likeness (QED) is 0.880. The van der Waals surface area contributed by atoms with Gasteiger partial charge < -0.3 is 5.73 Å². The van der Waals surface area contributed by atoms with E-state index >= 15 is 0 Å². The minimum atomic E-state index is -0.206. The summed E-state index contributed by atoms with van der Waals surface area (Å²) in [6, 6.07) is 8.10. The average Bonchev–Trinajstić information content (AvgIpc) is 2.71. The molecular formula is C12H16N4OS. The van der Waals surface area contributed by atoms with E-state index in [1.165, 1.54) is 16.3 Å². The summed E-state index contributed by atoms with van der Waals surface area (Å²) in [5, 5.41) is 7.01. The lowest BCUT2D eigenvalue weighted by molar-refractivity contribution is 0.698. The van der Waals surface area contributed by atoms with Crippen LogP contribution in [0.3, 0.4) is 0 Å². The van der Waals surface area contributed by atoms with Crippen molar-refractivity contribution in [3.8, 4) is 0 Å². The van der Waals surface area contributed by atoms with E-state index in [0.29, 0.717) is 5.16 Å². The molecule has 18 heavy (non-hydrogen) atoms. The fraction of sp³-hybridized carbons (Fsp3) is 0.333. The fourth-order valence-corrected chi connectivity index (χ4v) is 2.34. The molecule has 1 aromatic heterocycles. The largest absolute Gasteiger partial charge is 0.343 e. The zero-order chi connectivity index (χ0) is 13.1. The van der Waals surface area contributed by atoms with Gasteiger partial charge in [-0.1, -0.05) is 19.1 Å². The number of H-pyrrole nitrogens is 1. The van der Waals surface area contributed by atoms with Gasteiger partial charge in [-0.25, -0.2) is 9.89 Å². The van der Waals surface area contributed by atoms with Crippen molar-refractivity contribution in [2.75, 3.05) is 0 Å². The highest BCUT2D eigenvalue weighted by Crippen LogP contribution is 2.26. The lowest BCUT2D eigenvalue weighted by atomic mass is 10.1. The van der Waals surface area contributed by atoms with Crippen LogP contribution in [0.1, 0.15) is 24.9 Å². The smallest absolute Gasteiger partial charge is 0.324 e. The third-order valence-corrected chi connectivity index (χ3v) is 3.85. The van der Waals surface area contributed by atoms with Crippen molar-refractivity contribution >= 4 is 11.8 Å². The first-order valence-corrected chi connectivity index (χ1v) is 6.58. The van der Waals surface area contributed by atoms with Crippen LogP contribution in [-0.2, 0) is 7.05 Å². The van der Waals surface area contributed by atoms with Gasteiger partial charge in [-0.3, -0.25) is 4.57 Å². The molecule has 0 radical (unpaired) electrons. The fourth-order valence-electron chi connectivity index (χ4n) is 1.55. The summed E-state index contributed by atoms with van der Waals surface area (Å²) in [6.45, 7) is 2.06. The molecule has 2 aromatic rings. The molecule has 0 saturated heterocycles. The molecule has 0 aliphatic rings. The van der Waals surface area contributed by atoms with Gasteiger partial charge in [-0.15, -0.1) is 5.10 Å². The number of nitrogens with two attached hydrogens (primary N) is 1. The molecule has 0 spiro atoms. The zero-order valence-electron chi connectivity index (χ0n) is 10.4. The Labute approximate surface area is 109 Å². The molecule has 96 valence electrons. The van der Waals surface area contributed by atoms with Crippen LogP contribution in [-0.4, -0.2) is 14.8 Å². The maximum absolute atomic E-state index is 11.2. The number of aromatic nitrogens is 3. The van der Waals surface area contributed by atoms with Crippen LogP contribution in [0.4, 0.5) is 0 Å². The number of nitrogens with one attached hydrogen (secondary N) is 1. The first kappa shape index (κ1) is 12.9. The molecule has 2 rings (SSSR count). The second-order valence-electron chi connectivity index (χ2n) is 4.06. The van der Waals surface area contributed by atoms with Crippen molar-refractivity contribution < 1.29 is 0 Å². The van der Waals surface area contributed by atoms with E-state index in [2.05, 4.69) is 17.1 Å². The molecule has 0 unspecified atom stereocenters. The first-order valence-electron chi connectivity index (χ1n) is 5.76. The Morgan fingerprint density at radius 1 is 1.44 bits per heavy atom. The van der Waals surface area contributed by atoms with Crippen LogP contribution in [0.15, 0.2) is 39.1 Å². The van der Waals surface area contributed by atoms with E-state index in [1.807, 2.05) is 24.3 Å². The van der Waals surface area contributed by atoms with Gasteiger partial charge in [0, 0.05) is 18.0 Å². The summed E-state index contributed by atoms with van der Waals surface area (Å²) in [5.74, 6) is 0. The summed E-state index contributed by atoms with van der Waals surface area (Å²) in [7, 11) is 1.69. The molecule has 0 aliphatic heterocycles. The van der Waals surface area contributed by atoms with Gasteiger partial charge in [0.15, 0.2) is 5.16 Å². The maximum atomic E-state index is 11.2. The lowest BCUT2D eigenvalue weighted by Gasteiger charge is -2.09. The molecule has 0 saturated carbocycles. The van der Waals surface area contributed by atoms with Crippen LogP contribution < -0.4 is 11.4 Å². The van der Waals surface area contributed by atoms with E-state index in [0.717, 1.165) is 16.9 Å². The van der Waals surface area contributed by atoms with E-state index < -0.39 is 0 Å². The van der Waals surface area contributed by atoms with Gasteiger partial charge in [0.2, 0.25) is 0 Å².